The van der Waals surface area contributed by atoms with Crippen molar-refractivity contribution in [2.45, 2.75) is 0 Å². The maximum absolute atomic E-state index is 12.4. The van der Waals surface area contributed by atoms with Gasteiger partial charge in [0, 0.05) is 6.07 Å². The van der Waals surface area contributed by atoms with E-state index in [1.165, 1.54) is 18.2 Å². The number of carbonyl (C=O) groups is 2. The summed E-state index contributed by atoms with van der Waals surface area (Å²) in [5, 5.41) is 14.5. The Kier molecular flexibility index (Phi) is 4.13. The molecule has 0 unspecified atom stereocenters. The number of hydrogen-bond acceptors (Lipinski definition) is 5. The van der Waals surface area contributed by atoms with Crippen molar-refractivity contribution in [3.8, 4) is 0 Å². The molecule has 3 rings (SSSR count). The van der Waals surface area contributed by atoms with Crippen LogP contribution in [0, 0.1) is 10.1 Å². The molecule has 7 nitrogen and oxygen atoms in total. The number of amides is 2. The first kappa shape index (κ1) is 16.2. The average Bonchev–Trinajstić information content (AvgIpc) is 2.80. The first-order valence-corrected chi connectivity index (χ1v) is 7.49. The Morgan fingerprint density at radius 3 is 2.50 bits per heavy atom. The minimum atomic E-state index is -0.729. The molecule has 1 N–H and O–H groups in total. The zero-order chi connectivity index (χ0) is 17.4. The number of carbonyl (C=O) groups excluding carboxylic acids is 2. The number of nitro benzene ring substituents is 1. The summed E-state index contributed by atoms with van der Waals surface area (Å²) in [6.45, 7) is -0.191. The summed E-state index contributed by atoms with van der Waals surface area (Å²) in [6.07, 6.45) is 0. The molecule has 24 heavy (non-hydrogen) atoms. The largest absolute Gasteiger partial charge is 0.366 e. The van der Waals surface area contributed by atoms with Crippen molar-refractivity contribution in [1.82, 2.24) is 4.90 Å². The Balaban J connectivity index is 1.88. The summed E-state index contributed by atoms with van der Waals surface area (Å²) < 4.78 is 0. The van der Waals surface area contributed by atoms with Gasteiger partial charge in [-0.2, -0.15) is 0 Å². The molecule has 0 saturated heterocycles. The molecule has 2 aromatic carbocycles. The molecule has 0 radical (unpaired) electrons. The third-order valence-electron chi connectivity index (χ3n) is 3.55. The number of nitrogens with zero attached hydrogens (tertiary/aromatic N) is 2. The second-order valence-corrected chi connectivity index (χ2v) is 5.72. The van der Waals surface area contributed by atoms with Crippen LogP contribution in [0.1, 0.15) is 20.7 Å². The van der Waals surface area contributed by atoms with Crippen LogP contribution in [0.15, 0.2) is 36.4 Å². The van der Waals surface area contributed by atoms with Gasteiger partial charge in [0.25, 0.3) is 17.5 Å². The van der Waals surface area contributed by atoms with Crippen LogP contribution in [0.3, 0.4) is 0 Å². The Morgan fingerprint density at radius 1 is 1.08 bits per heavy atom. The molecule has 0 bridgehead atoms. The molecule has 0 fully saturated rings. The molecule has 122 valence electrons. The minimum Gasteiger partial charge on any atom is -0.366 e. The normalized spacial score (nSPS) is 13.2. The van der Waals surface area contributed by atoms with Crippen LogP contribution in [0.2, 0.25) is 10.0 Å². The van der Waals surface area contributed by atoms with Gasteiger partial charge in [-0.25, -0.2) is 0 Å². The van der Waals surface area contributed by atoms with Crippen LogP contribution >= 0.6 is 23.2 Å². The molecular weight excluding hydrogens is 357 g/mol. The van der Waals surface area contributed by atoms with Gasteiger partial charge in [-0.05, 0) is 18.2 Å². The van der Waals surface area contributed by atoms with E-state index in [4.69, 9.17) is 23.2 Å². The van der Waals surface area contributed by atoms with E-state index >= 15 is 0 Å². The van der Waals surface area contributed by atoms with E-state index in [0.717, 1.165) is 4.90 Å². The number of anilines is 1. The van der Waals surface area contributed by atoms with Crippen LogP contribution in [0.5, 0.6) is 0 Å². The highest BCUT2D eigenvalue weighted by Gasteiger charge is 2.40. The zero-order valence-corrected chi connectivity index (χ0v) is 13.5. The number of imide groups is 1. The number of halogens is 2. The van der Waals surface area contributed by atoms with Gasteiger partial charge in [0.05, 0.1) is 32.9 Å². The first-order chi connectivity index (χ1) is 11.4. The fourth-order valence-corrected chi connectivity index (χ4v) is 2.78. The van der Waals surface area contributed by atoms with Gasteiger partial charge in [0.2, 0.25) is 0 Å². The summed E-state index contributed by atoms with van der Waals surface area (Å²) in [7, 11) is 0. The number of nitro groups is 1. The van der Waals surface area contributed by atoms with Crippen molar-refractivity contribution in [2.24, 2.45) is 0 Å². The molecule has 9 heteroatoms. The molecule has 0 saturated carbocycles. The minimum absolute atomic E-state index is 0.00758. The van der Waals surface area contributed by atoms with Gasteiger partial charge in [-0.15, -0.1) is 0 Å². The van der Waals surface area contributed by atoms with Gasteiger partial charge in [-0.3, -0.25) is 24.6 Å². The highest BCUT2D eigenvalue weighted by molar-refractivity contribution is 6.43. The highest BCUT2D eigenvalue weighted by Crippen LogP contribution is 2.32. The number of fused-ring (bicyclic) bond motifs is 1. The molecule has 0 spiro atoms. The van der Waals surface area contributed by atoms with Crippen molar-refractivity contribution < 1.29 is 14.5 Å². The second-order valence-electron chi connectivity index (χ2n) is 4.93. The molecule has 0 aliphatic carbocycles. The zero-order valence-electron chi connectivity index (χ0n) is 12.0. The predicted octanol–water partition coefficient (Wildman–Crippen LogP) is 3.57. The third kappa shape index (κ3) is 2.57. The summed E-state index contributed by atoms with van der Waals surface area (Å²) in [6, 6.07) is 8.83. The van der Waals surface area contributed by atoms with E-state index in [0.29, 0.717) is 10.7 Å². The Morgan fingerprint density at radius 2 is 1.79 bits per heavy atom. The van der Waals surface area contributed by atoms with E-state index < -0.39 is 22.4 Å². The Labute approximate surface area is 145 Å². The van der Waals surface area contributed by atoms with Crippen molar-refractivity contribution in [1.29, 1.82) is 0 Å². The lowest BCUT2D eigenvalue weighted by Gasteiger charge is -2.16. The maximum Gasteiger partial charge on any atom is 0.282 e. The average molecular weight is 366 g/mol. The standard InChI is InChI=1S/C15H9Cl2N3O4/c16-9-4-2-5-10(13(9)17)18-7-19-14(21)8-3-1-6-11(20(23)24)12(8)15(19)22/h1-6,18H,7H2. The van der Waals surface area contributed by atoms with Crippen molar-refractivity contribution in [3.63, 3.8) is 0 Å². The van der Waals surface area contributed by atoms with E-state index in [1.54, 1.807) is 18.2 Å². The van der Waals surface area contributed by atoms with Gasteiger partial charge in [-0.1, -0.05) is 35.3 Å². The second kappa shape index (κ2) is 6.10. The molecule has 2 amide bonds. The molecule has 1 aliphatic rings. The number of rotatable bonds is 4. The van der Waals surface area contributed by atoms with Gasteiger partial charge < -0.3 is 5.32 Å². The topological polar surface area (TPSA) is 92.5 Å². The third-order valence-corrected chi connectivity index (χ3v) is 4.37. The van der Waals surface area contributed by atoms with Crippen LogP contribution in [0.25, 0.3) is 0 Å². The van der Waals surface area contributed by atoms with Crippen molar-refractivity contribution >= 4 is 46.4 Å². The number of benzene rings is 2. The lowest BCUT2D eigenvalue weighted by atomic mass is 10.1. The van der Waals surface area contributed by atoms with E-state index in [2.05, 4.69) is 5.32 Å². The fourth-order valence-electron chi connectivity index (χ4n) is 2.42. The van der Waals surface area contributed by atoms with E-state index in [-0.39, 0.29) is 22.8 Å². The van der Waals surface area contributed by atoms with Crippen LogP contribution in [-0.4, -0.2) is 28.3 Å². The Bertz CT molecular complexity index is 885. The molecule has 2 aromatic rings. The number of hydrogen-bond donors (Lipinski definition) is 1. The maximum atomic E-state index is 12.4. The van der Waals surface area contributed by atoms with Gasteiger partial charge in [0.1, 0.15) is 5.56 Å². The fraction of sp³-hybridized carbons (Fsp3) is 0.0667. The summed E-state index contributed by atoms with van der Waals surface area (Å²) >= 11 is 11.9. The first-order valence-electron chi connectivity index (χ1n) is 6.73. The predicted molar refractivity (Wildman–Crippen MR) is 88.5 cm³/mol. The summed E-state index contributed by atoms with van der Waals surface area (Å²) in [5.41, 5.74) is -0.149. The number of nitrogens with one attached hydrogen (secondary N) is 1. The SMILES string of the molecule is O=C1c2cccc([N+](=O)[O-])c2C(=O)N1CNc1cccc(Cl)c1Cl. The molecular formula is C15H9Cl2N3O4. The molecule has 1 aliphatic heterocycles. The Hall–Kier alpha value is -2.64. The summed E-state index contributed by atoms with van der Waals surface area (Å²) in [5.74, 6) is -1.34. The van der Waals surface area contributed by atoms with Gasteiger partial charge >= 0.3 is 0 Å². The highest BCUT2D eigenvalue weighted by atomic mass is 35.5. The van der Waals surface area contributed by atoms with Gasteiger partial charge in [0.15, 0.2) is 0 Å². The van der Waals surface area contributed by atoms with Crippen molar-refractivity contribution in [2.75, 3.05) is 12.0 Å². The van der Waals surface area contributed by atoms with E-state index in [1.807, 2.05) is 0 Å². The monoisotopic (exact) mass is 365 g/mol. The lowest BCUT2D eigenvalue weighted by molar-refractivity contribution is -0.385. The quantitative estimate of drug-likeness (QED) is 0.507. The van der Waals surface area contributed by atoms with Crippen LogP contribution in [0.4, 0.5) is 11.4 Å². The van der Waals surface area contributed by atoms with E-state index in [9.17, 15) is 19.7 Å². The molecule has 1 heterocycles. The molecule has 0 aromatic heterocycles. The smallest absolute Gasteiger partial charge is 0.282 e. The van der Waals surface area contributed by atoms with Crippen LogP contribution < -0.4 is 5.32 Å². The van der Waals surface area contributed by atoms with Crippen molar-refractivity contribution in [3.05, 3.63) is 67.7 Å². The molecule has 0 atom stereocenters. The van der Waals surface area contributed by atoms with Crippen LogP contribution in [-0.2, 0) is 0 Å². The lowest BCUT2D eigenvalue weighted by Crippen LogP contribution is -2.34. The summed E-state index contributed by atoms with van der Waals surface area (Å²) in [4.78, 5) is 36.0.